The Labute approximate surface area is 154 Å². The predicted octanol–water partition coefficient (Wildman–Crippen LogP) is 2.30. The van der Waals surface area contributed by atoms with Gasteiger partial charge in [-0.05, 0) is 12.1 Å². The van der Waals surface area contributed by atoms with Crippen LogP contribution in [0.2, 0.25) is 0 Å². The monoisotopic (exact) mass is 364 g/mol. The third kappa shape index (κ3) is 3.73. The molecule has 7 heteroatoms. The molecule has 0 fully saturated rings. The van der Waals surface area contributed by atoms with Gasteiger partial charge in [-0.3, -0.25) is 9.83 Å². The third-order valence-corrected chi connectivity index (χ3v) is 4.08. The number of ether oxygens (including phenoxy) is 1. The normalized spacial score (nSPS) is 16.4. The van der Waals surface area contributed by atoms with Crippen molar-refractivity contribution in [3.63, 3.8) is 0 Å². The molecule has 27 heavy (non-hydrogen) atoms. The topological polar surface area (TPSA) is 90.1 Å². The zero-order valence-electron chi connectivity index (χ0n) is 14.3. The number of rotatable bonds is 4. The Kier molecular flexibility index (Phi) is 4.67. The van der Waals surface area contributed by atoms with Crippen molar-refractivity contribution in [1.82, 2.24) is 5.48 Å². The van der Waals surface area contributed by atoms with E-state index >= 15 is 0 Å². The average Bonchev–Trinajstić information content (AvgIpc) is 2.72. The number of benzene rings is 2. The van der Waals surface area contributed by atoms with Crippen molar-refractivity contribution in [2.75, 3.05) is 13.2 Å². The molecule has 0 saturated carbocycles. The molecule has 0 spiro atoms. The van der Waals surface area contributed by atoms with E-state index in [9.17, 15) is 9.59 Å². The number of para-hydroxylation sites is 1. The second-order valence-corrected chi connectivity index (χ2v) is 5.98. The van der Waals surface area contributed by atoms with Gasteiger partial charge in [-0.2, -0.15) is 0 Å². The van der Waals surface area contributed by atoms with Gasteiger partial charge in [0.05, 0.1) is 6.54 Å². The SMILES string of the molecule is O=C(OC[C@@H]1CN=C(c2ccccc2)NO1)c1cc2ccccc2oc1=O. The number of fused-ring (bicyclic) bond motifs is 1. The molecule has 0 radical (unpaired) electrons. The Hall–Kier alpha value is -3.45. The lowest BCUT2D eigenvalue weighted by atomic mass is 10.2. The number of esters is 1. The van der Waals surface area contributed by atoms with Gasteiger partial charge in [-0.1, -0.05) is 48.5 Å². The molecule has 1 aliphatic rings. The molecule has 1 N–H and O–H groups in total. The van der Waals surface area contributed by atoms with Crippen LogP contribution in [0.15, 0.2) is 74.9 Å². The predicted molar refractivity (Wildman–Crippen MR) is 98.6 cm³/mol. The van der Waals surface area contributed by atoms with Crippen LogP contribution in [0.4, 0.5) is 0 Å². The first-order chi connectivity index (χ1) is 13.2. The van der Waals surface area contributed by atoms with E-state index < -0.39 is 17.7 Å². The molecule has 1 aromatic heterocycles. The van der Waals surface area contributed by atoms with E-state index in [1.54, 1.807) is 24.3 Å². The summed E-state index contributed by atoms with van der Waals surface area (Å²) in [4.78, 5) is 34.1. The van der Waals surface area contributed by atoms with E-state index in [1.807, 2.05) is 30.3 Å². The Morgan fingerprint density at radius 3 is 2.70 bits per heavy atom. The van der Waals surface area contributed by atoms with Crippen LogP contribution in [0.25, 0.3) is 11.0 Å². The van der Waals surface area contributed by atoms with Crippen molar-refractivity contribution in [1.29, 1.82) is 0 Å². The first-order valence-electron chi connectivity index (χ1n) is 8.42. The highest BCUT2D eigenvalue weighted by Crippen LogP contribution is 2.13. The molecule has 0 aliphatic carbocycles. The fourth-order valence-corrected chi connectivity index (χ4v) is 2.69. The molecule has 3 aromatic rings. The van der Waals surface area contributed by atoms with E-state index in [4.69, 9.17) is 14.0 Å². The van der Waals surface area contributed by atoms with Crippen LogP contribution < -0.4 is 11.1 Å². The minimum atomic E-state index is -0.754. The summed E-state index contributed by atoms with van der Waals surface area (Å²) in [6.45, 7) is 0.292. The molecular formula is C20H16N2O5. The zero-order chi connectivity index (χ0) is 18.6. The Bertz CT molecular complexity index is 1060. The zero-order valence-corrected chi connectivity index (χ0v) is 14.3. The van der Waals surface area contributed by atoms with Gasteiger partial charge in [-0.25, -0.2) is 15.1 Å². The maximum absolute atomic E-state index is 12.2. The highest BCUT2D eigenvalue weighted by Gasteiger charge is 2.21. The molecule has 0 amide bonds. The van der Waals surface area contributed by atoms with Crippen LogP contribution in [-0.4, -0.2) is 31.1 Å². The summed E-state index contributed by atoms with van der Waals surface area (Å²) < 4.78 is 10.4. The van der Waals surface area contributed by atoms with Gasteiger partial charge in [0.1, 0.15) is 23.9 Å². The summed E-state index contributed by atoms with van der Waals surface area (Å²) in [5.74, 6) is -0.135. The number of carbonyl (C=O) groups is 1. The van der Waals surface area contributed by atoms with Gasteiger partial charge >= 0.3 is 11.6 Å². The summed E-state index contributed by atoms with van der Waals surface area (Å²) in [6.07, 6.45) is -0.450. The second kappa shape index (κ2) is 7.43. The highest BCUT2D eigenvalue weighted by atomic mass is 16.7. The van der Waals surface area contributed by atoms with E-state index in [-0.39, 0.29) is 12.2 Å². The van der Waals surface area contributed by atoms with Crippen LogP contribution >= 0.6 is 0 Å². The number of hydroxylamine groups is 1. The van der Waals surface area contributed by atoms with E-state index in [0.29, 0.717) is 23.3 Å². The smallest absolute Gasteiger partial charge is 0.351 e. The molecule has 4 rings (SSSR count). The van der Waals surface area contributed by atoms with Crippen LogP contribution in [0.5, 0.6) is 0 Å². The lowest BCUT2D eigenvalue weighted by molar-refractivity contribution is -0.0350. The maximum Gasteiger partial charge on any atom is 0.351 e. The van der Waals surface area contributed by atoms with Gasteiger partial charge in [0.25, 0.3) is 0 Å². The minimum Gasteiger partial charge on any atom is -0.459 e. The molecule has 0 unspecified atom stereocenters. The summed E-state index contributed by atoms with van der Waals surface area (Å²) in [5.41, 5.74) is 3.21. The van der Waals surface area contributed by atoms with E-state index in [1.165, 1.54) is 6.07 Å². The Morgan fingerprint density at radius 2 is 1.93 bits per heavy atom. The first-order valence-corrected chi connectivity index (χ1v) is 8.42. The molecule has 1 atom stereocenters. The minimum absolute atomic E-state index is 0.0380. The van der Waals surface area contributed by atoms with Crippen molar-refractivity contribution in [2.45, 2.75) is 6.10 Å². The Balaban J connectivity index is 1.40. The summed E-state index contributed by atoms with van der Waals surface area (Å²) in [7, 11) is 0. The fraction of sp³-hybridized carbons (Fsp3) is 0.150. The molecule has 7 nitrogen and oxygen atoms in total. The van der Waals surface area contributed by atoms with Crippen molar-refractivity contribution < 1.29 is 18.8 Å². The second-order valence-electron chi connectivity index (χ2n) is 5.98. The molecule has 2 aromatic carbocycles. The number of nitrogens with zero attached hydrogens (tertiary/aromatic N) is 1. The lowest BCUT2D eigenvalue weighted by Crippen LogP contribution is -2.40. The third-order valence-electron chi connectivity index (χ3n) is 4.08. The fourth-order valence-electron chi connectivity index (χ4n) is 2.69. The largest absolute Gasteiger partial charge is 0.459 e. The molecular weight excluding hydrogens is 348 g/mol. The number of hydrogen-bond donors (Lipinski definition) is 1. The molecule has 136 valence electrons. The van der Waals surface area contributed by atoms with Crippen LogP contribution in [0, 0.1) is 0 Å². The van der Waals surface area contributed by atoms with E-state index in [0.717, 1.165) is 5.56 Å². The number of aliphatic imine (C=N–C) groups is 1. The van der Waals surface area contributed by atoms with Crippen molar-refractivity contribution >= 4 is 22.8 Å². The summed E-state index contributed by atoms with van der Waals surface area (Å²) in [6, 6.07) is 18.0. The van der Waals surface area contributed by atoms with Crippen LogP contribution in [0.3, 0.4) is 0 Å². The molecule has 0 saturated heterocycles. The average molecular weight is 364 g/mol. The van der Waals surface area contributed by atoms with Gasteiger partial charge < -0.3 is 9.15 Å². The van der Waals surface area contributed by atoms with Gasteiger partial charge in [0, 0.05) is 10.9 Å². The van der Waals surface area contributed by atoms with Crippen LogP contribution in [0.1, 0.15) is 15.9 Å². The van der Waals surface area contributed by atoms with Crippen molar-refractivity contribution in [2.24, 2.45) is 4.99 Å². The van der Waals surface area contributed by atoms with Crippen molar-refractivity contribution in [3.05, 3.63) is 82.2 Å². The molecule has 0 bridgehead atoms. The number of hydrogen-bond acceptors (Lipinski definition) is 7. The van der Waals surface area contributed by atoms with Gasteiger partial charge in [0.15, 0.2) is 5.84 Å². The number of amidine groups is 1. The quantitative estimate of drug-likeness (QED) is 0.564. The molecule has 1 aliphatic heterocycles. The highest BCUT2D eigenvalue weighted by molar-refractivity contribution is 5.98. The Morgan fingerprint density at radius 1 is 1.15 bits per heavy atom. The number of carbonyl (C=O) groups excluding carboxylic acids is 1. The maximum atomic E-state index is 12.2. The van der Waals surface area contributed by atoms with Crippen molar-refractivity contribution in [3.8, 4) is 0 Å². The van der Waals surface area contributed by atoms with Crippen LogP contribution in [-0.2, 0) is 9.57 Å². The lowest BCUT2D eigenvalue weighted by Gasteiger charge is -2.22. The molecule has 2 heterocycles. The standard InChI is InChI=1S/C20H16N2O5/c23-19(16-10-14-8-4-5-9-17(14)26-20(16)24)25-12-15-11-21-18(22-27-15)13-6-2-1-3-7-13/h1-10,15H,11-12H2,(H,21,22)/t15-/m0/s1. The number of nitrogens with one attached hydrogen (secondary N) is 1. The first kappa shape index (κ1) is 17.0. The summed E-state index contributed by atoms with van der Waals surface area (Å²) >= 11 is 0. The van der Waals surface area contributed by atoms with Gasteiger partial charge in [-0.15, -0.1) is 0 Å². The summed E-state index contributed by atoms with van der Waals surface area (Å²) in [5, 5.41) is 0.650. The van der Waals surface area contributed by atoms with E-state index in [2.05, 4.69) is 10.5 Å². The van der Waals surface area contributed by atoms with Gasteiger partial charge in [0.2, 0.25) is 0 Å².